The molecule has 0 bridgehead atoms. The maximum atomic E-state index is 14.2. The van der Waals surface area contributed by atoms with Crippen molar-refractivity contribution in [3.63, 3.8) is 0 Å². The van der Waals surface area contributed by atoms with Gasteiger partial charge in [-0.25, -0.2) is 9.78 Å². The van der Waals surface area contributed by atoms with E-state index in [1.165, 1.54) is 57.6 Å². The van der Waals surface area contributed by atoms with E-state index in [-0.39, 0.29) is 75.0 Å². The van der Waals surface area contributed by atoms with Crippen molar-refractivity contribution in [3.8, 4) is 5.75 Å². The number of aromatic amines is 1. The van der Waals surface area contributed by atoms with Crippen LogP contribution in [0.4, 0.5) is 0 Å². The number of carbonyl (C=O) groups is 11. The van der Waals surface area contributed by atoms with Crippen LogP contribution in [0.25, 0.3) is 0 Å². The first-order valence-electron chi connectivity index (χ1n) is 25.0. The largest absolute Gasteiger partial charge is 0.508 e. The Balaban J connectivity index is 2.38. The number of aromatic hydroxyl groups is 1. The molecule has 80 heavy (non-hydrogen) atoms. The Morgan fingerprint density at radius 2 is 1.09 bits per heavy atom. The minimum absolute atomic E-state index is 0.00993. The van der Waals surface area contributed by atoms with Crippen molar-refractivity contribution in [1.29, 1.82) is 0 Å². The molecule has 1 aromatic carbocycles. The van der Waals surface area contributed by atoms with Crippen molar-refractivity contribution < 1.29 is 68.1 Å². The molecular formula is C47H74N18O14S. The van der Waals surface area contributed by atoms with E-state index in [0.29, 0.717) is 11.3 Å². The van der Waals surface area contributed by atoms with Crippen LogP contribution in [0.15, 0.2) is 46.8 Å². The number of H-pyrrole nitrogens is 1. The van der Waals surface area contributed by atoms with Gasteiger partial charge in [0.15, 0.2) is 11.9 Å². The second-order valence-electron chi connectivity index (χ2n) is 18.6. The summed E-state index contributed by atoms with van der Waals surface area (Å²) in [5.41, 5.74) is 33.8. The van der Waals surface area contributed by atoms with Gasteiger partial charge in [-0.05, 0) is 62.6 Å². The monoisotopic (exact) mass is 1150 g/mol. The summed E-state index contributed by atoms with van der Waals surface area (Å²) in [4.78, 5) is 160. The van der Waals surface area contributed by atoms with Crippen LogP contribution in [0.1, 0.15) is 77.0 Å². The number of nitrogens with zero attached hydrogens (tertiary/aromatic N) is 3. The molecule has 0 aliphatic heterocycles. The van der Waals surface area contributed by atoms with Crippen molar-refractivity contribution in [2.75, 3.05) is 18.8 Å². The molecule has 0 aliphatic rings. The van der Waals surface area contributed by atoms with Gasteiger partial charge in [0, 0.05) is 50.0 Å². The topological polar surface area (TPSA) is 554 Å². The summed E-state index contributed by atoms with van der Waals surface area (Å²) < 4.78 is 0. The molecule has 0 radical (unpaired) electrons. The SMILES string of the molecule is CC(C)[C@H](NC(=O)[C@H](Cc1ccc(O)cc1)NC(=O)[C@H](CCC(=O)O)NC(=O)[C@@H](N)CCCN=C(N)N)C(=O)N[C@@H](CC(N)=O)C(=O)N[C@@H](C)C(=O)N[C@@H](CCCN=C(N)N)C(=O)N[C@@H](Cc1cnc[nH]1)C(=O)N[C@@H](CS)C(=O)O. The second kappa shape index (κ2) is 34.2. The Morgan fingerprint density at radius 3 is 1.60 bits per heavy atom. The summed E-state index contributed by atoms with van der Waals surface area (Å²) in [6, 6.07) is -7.93. The lowest BCUT2D eigenvalue weighted by Crippen LogP contribution is -2.61. The minimum atomic E-state index is -1.79. The summed E-state index contributed by atoms with van der Waals surface area (Å²) >= 11 is 3.96. The molecule has 0 saturated carbocycles. The number of phenols is 1. The van der Waals surface area contributed by atoms with Crippen LogP contribution in [0, 0.1) is 5.92 Å². The number of aliphatic carboxylic acids is 2. The predicted octanol–water partition coefficient (Wildman–Crippen LogP) is -6.36. The minimum Gasteiger partial charge on any atom is -0.508 e. The zero-order chi connectivity index (χ0) is 60.2. The number of amides is 9. The highest BCUT2D eigenvalue weighted by Crippen LogP contribution is 2.14. The Bertz CT molecular complexity index is 2510. The molecule has 442 valence electrons. The van der Waals surface area contributed by atoms with Gasteiger partial charge < -0.3 is 97.2 Å². The number of hydrogen-bond donors (Lipinski definition) is 19. The molecule has 32 nitrogen and oxygen atoms in total. The number of aliphatic imine (C=N–C) groups is 2. The molecule has 0 unspecified atom stereocenters. The quantitative estimate of drug-likeness (QED) is 0.0131. The number of rotatable bonds is 36. The van der Waals surface area contributed by atoms with Crippen molar-refractivity contribution >= 4 is 89.7 Å². The van der Waals surface area contributed by atoms with Crippen LogP contribution in [-0.2, 0) is 65.6 Å². The standard InChI is InChI=1S/C47H74N18O14S/c1-22(2)36(65-43(76)30(16-24-8-10-26(66)11-9-24)61-40(73)29(12-13-35(68)69)60-38(71)27(48)6-4-14-55-46(50)51)44(77)63-32(18-34(49)67)41(74)58-23(3)37(70)59-28(7-5-15-56-47(52)53)39(72)62-31(17-25-19-54-21-57-25)42(75)64-33(20-80)45(78)79/h8-11,19,21-23,27-33,36,66,80H,4-7,12-18,20,48H2,1-3H3,(H2,49,67)(H,54,57)(H,58,74)(H,59,70)(H,60,71)(H,61,73)(H,62,72)(H,63,77)(H,64,75)(H,65,76)(H,68,69)(H,78,79)(H4,50,51,55)(H4,52,53,56)/t23-,27-,28-,29-,30-,31-,32-,33-,36-/m0/s1. The fourth-order valence-corrected chi connectivity index (χ4v) is 7.53. The Kier molecular flexibility index (Phi) is 28.8. The molecule has 1 heterocycles. The molecule has 9 atom stereocenters. The van der Waals surface area contributed by atoms with Crippen molar-refractivity contribution in [2.24, 2.45) is 50.3 Å². The van der Waals surface area contributed by atoms with Gasteiger partial charge in [0.25, 0.3) is 0 Å². The van der Waals surface area contributed by atoms with Gasteiger partial charge in [-0.15, -0.1) is 0 Å². The number of primary amides is 1. The van der Waals surface area contributed by atoms with E-state index in [2.05, 4.69) is 75.1 Å². The average Bonchev–Trinajstić information content (AvgIpc) is 3.90. The van der Waals surface area contributed by atoms with E-state index < -0.39 is 145 Å². The van der Waals surface area contributed by atoms with Crippen LogP contribution < -0.4 is 76.9 Å². The molecule has 33 heteroatoms. The second-order valence-corrected chi connectivity index (χ2v) is 19.0. The lowest BCUT2D eigenvalue weighted by atomic mass is 9.99. The zero-order valence-corrected chi connectivity index (χ0v) is 45.2. The number of imidazole rings is 1. The van der Waals surface area contributed by atoms with Crippen LogP contribution in [0.3, 0.4) is 0 Å². The molecule has 2 aromatic rings. The van der Waals surface area contributed by atoms with Crippen LogP contribution in [0.5, 0.6) is 5.75 Å². The van der Waals surface area contributed by atoms with Crippen molar-refractivity contribution in [3.05, 3.63) is 48.0 Å². The first-order valence-corrected chi connectivity index (χ1v) is 25.6. The highest BCUT2D eigenvalue weighted by molar-refractivity contribution is 7.80. The van der Waals surface area contributed by atoms with Gasteiger partial charge in [0.05, 0.1) is 18.8 Å². The van der Waals surface area contributed by atoms with E-state index in [0.717, 1.165) is 0 Å². The molecule has 9 amide bonds. The zero-order valence-electron chi connectivity index (χ0n) is 44.3. The molecule has 0 saturated heterocycles. The van der Waals surface area contributed by atoms with Gasteiger partial charge in [-0.1, -0.05) is 26.0 Å². The number of nitrogens with two attached hydrogens (primary N) is 6. The number of benzene rings is 1. The van der Waals surface area contributed by atoms with E-state index in [4.69, 9.17) is 34.4 Å². The van der Waals surface area contributed by atoms with Crippen LogP contribution in [0.2, 0.25) is 0 Å². The Labute approximate surface area is 464 Å². The lowest BCUT2D eigenvalue weighted by Gasteiger charge is -2.28. The summed E-state index contributed by atoms with van der Waals surface area (Å²) in [6.45, 7) is 4.35. The number of thiol groups is 1. The van der Waals surface area contributed by atoms with Crippen LogP contribution >= 0.6 is 12.6 Å². The van der Waals surface area contributed by atoms with Gasteiger partial charge >= 0.3 is 11.9 Å². The third kappa shape index (κ3) is 25.2. The van der Waals surface area contributed by atoms with Gasteiger partial charge in [-0.3, -0.25) is 57.9 Å². The fraction of sp³-hybridized carbons (Fsp3) is 0.532. The number of phenolic OH excluding ortho intramolecular Hbond substituents is 1. The maximum absolute atomic E-state index is 14.2. The molecule has 2 rings (SSSR count). The molecule has 0 spiro atoms. The normalized spacial score (nSPS) is 14.3. The maximum Gasteiger partial charge on any atom is 0.327 e. The summed E-state index contributed by atoms with van der Waals surface area (Å²) in [6.07, 6.45) is 0.578. The number of hydrogen-bond acceptors (Lipinski definition) is 17. The van der Waals surface area contributed by atoms with E-state index in [1.807, 2.05) is 0 Å². The molecular weight excluding hydrogens is 1070 g/mol. The molecule has 0 fully saturated rings. The summed E-state index contributed by atoms with van der Waals surface area (Å²) in [7, 11) is 0. The highest BCUT2D eigenvalue weighted by atomic mass is 32.1. The summed E-state index contributed by atoms with van der Waals surface area (Å²) in [5, 5.41) is 48.3. The molecule has 0 aliphatic carbocycles. The highest BCUT2D eigenvalue weighted by Gasteiger charge is 2.36. The van der Waals surface area contributed by atoms with Gasteiger partial charge in [0.2, 0.25) is 53.2 Å². The Hall–Kier alpha value is -8.75. The first kappa shape index (κ1) is 67.4. The summed E-state index contributed by atoms with van der Waals surface area (Å²) in [5.74, 6) is -13.3. The van der Waals surface area contributed by atoms with Crippen LogP contribution in [-0.4, -0.2) is 176 Å². The third-order valence-corrected chi connectivity index (χ3v) is 12.0. The fourth-order valence-electron chi connectivity index (χ4n) is 7.28. The predicted molar refractivity (Wildman–Crippen MR) is 290 cm³/mol. The number of nitrogens with one attached hydrogen (secondary N) is 9. The van der Waals surface area contributed by atoms with E-state index in [9.17, 15) is 68.1 Å². The number of aromatic nitrogens is 2. The van der Waals surface area contributed by atoms with E-state index in [1.54, 1.807) is 0 Å². The number of carbonyl (C=O) groups excluding carboxylic acids is 9. The van der Waals surface area contributed by atoms with Crippen molar-refractivity contribution in [1.82, 2.24) is 52.5 Å². The molecule has 1 aromatic heterocycles. The van der Waals surface area contributed by atoms with E-state index >= 15 is 0 Å². The molecule has 24 N–H and O–H groups in total. The smallest absolute Gasteiger partial charge is 0.327 e. The number of carboxylic acids is 2. The number of carboxylic acid groups (broad SMARTS) is 2. The third-order valence-electron chi connectivity index (χ3n) is 11.6. The number of guanidine groups is 2. The van der Waals surface area contributed by atoms with Crippen molar-refractivity contribution in [2.45, 2.75) is 133 Å². The average molecular weight is 1150 g/mol. The Morgan fingerprint density at radius 1 is 0.600 bits per heavy atom. The first-order chi connectivity index (χ1) is 37.6. The van der Waals surface area contributed by atoms with Gasteiger partial charge in [-0.2, -0.15) is 12.6 Å². The lowest BCUT2D eigenvalue weighted by molar-refractivity contribution is -0.141. The van der Waals surface area contributed by atoms with Gasteiger partial charge in [0.1, 0.15) is 54.1 Å².